The Labute approximate surface area is 144 Å². The van der Waals surface area contributed by atoms with Gasteiger partial charge in [-0.3, -0.25) is 4.21 Å². The fourth-order valence-electron chi connectivity index (χ4n) is 2.57. The molecule has 124 valence electrons. The second-order valence-corrected chi connectivity index (χ2v) is 8.53. The number of hydrogen-bond acceptors (Lipinski definition) is 4. The Kier molecular flexibility index (Phi) is 4.73. The predicted molar refractivity (Wildman–Crippen MR) is 95.9 cm³/mol. The van der Waals surface area contributed by atoms with E-state index in [1.807, 2.05) is 18.2 Å². The molecule has 4 nitrogen and oxygen atoms in total. The normalized spacial score (nSPS) is 16.1. The van der Waals surface area contributed by atoms with Crippen LogP contribution < -0.4 is 5.73 Å². The zero-order chi connectivity index (χ0) is 17.2. The van der Waals surface area contributed by atoms with Crippen molar-refractivity contribution in [2.75, 3.05) is 5.73 Å². The summed E-state index contributed by atoms with van der Waals surface area (Å²) in [6.45, 7) is 0. The van der Waals surface area contributed by atoms with Crippen molar-refractivity contribution in [2.45, 2.75) is 19.6 Å². The second-order valence-electron chi connectivity index (χ2n) is 5.11. The number of nitrogens with two attached hydrogens (primary N) is 1. The number of rotatable bonds is 4. The van der Waals surface area contributed by atoms with E-state index < -0.39 is 21.4 Å². The predicted octanol–water partition coefficient (Wildman–Crippen LogP) is 4.26. The van der Waals surface area contributed by atoms with Crippen LogP contribution in [-0.4, -0.2) is 13.3 Å². The van der Waals surface area contributed by atoms with Crippen molar-refractivity contribution >= 4 is 27.1 Å². The van der Waals surface area contributed by atoms with Crippen LogP contribution in [0.25, 0.3) is 0 Å². The van der Waals surface area contributed by atoms with Gasteiger partial charge in [0.2, 0.25) is 0 Å². The van der Waals surface area contributed by atoms with E-state index in [1.54, 1.807) is 54.6 Å². The molecule has 0 fully saturated rings. The summed E-state index contributed by atoms with van der Waals surface area (Å²) in [5.41, 5.74) is 6.54. The summed E-state index contributed by atoms with van der Waals surface area (Å²) in [5, 5.41) is 0. The molecule has 0 heterocycles. The SMILES string of the molecule is Nc1ccccc1S(O)(c1ccccc1)c1ccccc1S(=O)[O-]. The maximum absolute atomic E-state index is 11.8. The van der Waals surface area contributed by atoms with Gasteiger partial charge in [-0.25, -0.2) is 0 Å². The summed E-state index contributed by atoms with van der Waals surface area (Å²) >= 11 is -2.47. The highest BCUT2D eigenvalue weighted by Crippen LogP contribution is 2.67. The Balaban J connectivity index is 2.37. The van der Waals surface area contributed by atoms with Gasteiger partial charge in [0.25, 0.3) is 0 Å². The van der Waals surface area contributed by atoms with Crippen LogP contribution in [0.4, 0.5) is 5.69 Å². The fourth-order valence-corrected chi connectivity index (χ4v) is 6.17. The molecular weight excluding hydrogens is 342 g/mol. The average Bonchev–Trinajstić information content (AvgIpc) is 2.62. The molecule has 6 heteroatoms. The summed E-state index contributed by atoms with van der Waals surface area (Å²) in [4.78, 5) is 1.57. The molecule has 0 aromatic heterocycles. The number of para-hydroxylation sites is 1. The van der Waals surface area contributed by atoms with Gasteiger partial charge in [-0.2, -0.15) is 0 Å². The smallest absolute Gasteiger partial charge is 0.0464 e. The molecule has 0 radical (unpaired) electrons. The molecule has 0 bridgehead atoms. The molecule has 0 amide bonds. The molecule has 2 atom stereocenters. The topological polar surface area (TPSA) is 86.4 Å². The molecule has 3 aromatic rings. The molecule has 3 N–H and O–H groups in total. The van der Waals surface area contributed by atoms with E-state index in [1.165, 1.54) is 6.07 Å². The van der Waals surface area contributed by atoms with Gasteiger partial charge in [-0.1, -0.05) is 52.8 Å². The minimum Gasteiger partial charge on any atom is -0.768 e. The lowest BCUT2D eigenvalue weighted by atomic mass is 10.3. The van der Waals surface area contributed by atoms with Crippen LogP contribution in [-0.2, 0) is 11.1 Å². The van der Waals surface area contributed by atoms with Crippen molar-refractivity contribution in [1.29, 1.82) is 0 Å². The van der Waals surface area contributed by atoms with Gasteiger partial charge in [0.1, 0.15) is 0 Å². The van der Waals surface area contributed by atoms with Gasteiger partial charge in [0, 0.05) is 25.3 Å². The van der Waals surface area contributed by atoms with Crippen LogP contribution in [0.15, 0.2) is 98.4 Å². The van der Waals surface area contributed by atoms with E-state index in [0.29, 0.717) is 20.4 Å². The van der Waals surface area contributed by atoms with E-state index in [2.05, 4.69) is 0 Å². The third kappa shape index (κ3) is 2.85. The highest BCUT2D eigenvalue weighted by atomic mass is 32.3. The first-order chi connectivity index (χ1) is 11.5. The van der Waals surface area contributed by atoms with E-state index in [4.69, 9.17) is 5.73 Å². The number of anilines is 1. The lowest BCUT2D eigenvalue weighted by Crippen LogP contribution is -2.08. The van der Waals surface area contributed by atoms with Crippen LogP contribution >= 0.6 is 10.3 Å². The minimum absolute atomic E-state index is 0.0714. The molecule has 3 aromatic carbocycles. The standard InChI is InChI=1S/C18H17NO3S2/c19-15-10-4-6-12-17(15)24(22,14-8-2-1-3-9-14)18-13-7-5-11-16(18)23(20)21/h1-13,22H,19H2,(H,20,21)/p-1. The van der Waals surface area contributed by atoms with Crippen LogP contribution in [0.5, 0.6) is 0 Å². The Morgan fingerprint density at radius 2 is 1.38 bits per heavy atom. The van der Waals surface area contributed by atoms with Gasteiger partial charge >= 0.3 is 0 Å². The Morgan fingerprint density at radius 1 is 0.833 bits per heavy atom. The second kappa shape index (κ2) is 6.78. The zero-order valence-electron chi connectivity index (χ0n) is 12.7. The monoisotopic (exact) mass is 358 g/mol. The van der Waals surface area contributed by atoms with Crippen molar-refractivity contribution in [3.05, 3.63) is 78.9 Å². The molecule has 0 aliphatic heterocycles. The van der Waals surface area contributed by atoms with E-state index >= 15 is 0 Å². The highest BCUT2D eigenvalue weighted by Gasteiger charge is 2.32. The fraction of sp³-hybridized carbons (Fsp3) is 0. The molecule has 3 rings (SSSR count). The van der Waals surface area contributed by atoms with Crippen LogP contribution in [0, 0.1) is 0 Å². The summed E-state index contributed by atoms with van der Waals surface area (Å²) in [7, 11) is -2.80. The lowest BCUT2D eigenvalue weighted by molar-refractivity contribution is 0.533. The summed E-state index contributed by atoms with van der Waals surface area (Å²) < 4.78 is 35.1. The summed E-state index contributed by atoms with van der Waals surface area (Å²) in [6, 6.07) is 22.5. The number of nitrogen functional groups attached to an aromatic ring is 1. The van der Waals surface area contributed by atoms with Crippen LogP contribution in [0.2, 0.25) is 0 Å². The summed E-state index contributed by atoms with van der Waals surface area (Å²) in [5.74, 6) is 0. The maximum atomic E-state index is 11.8. The first kappa shape index (κ1) is 16.7. The third-order valence-electron chi connectivity index (χ3n) is 3.67. The van der Waals surface area contributed by atoms with Crippen molar-refractivity contribution in [3.63, 3.8) is 0 Å². The molecule has 2 unspecified atom stereocenters. The van der Waals surface area contributed by atoms with Crippen molar-refractivity contribution < 1.29 is 13.3 Å². The summed E-state index contributed by atoms with van der Waals surface area (Å²) in [6.07, 6.45) is 0. The first-order valence-electron chi connectivity index (χ1n) is 7.19. The van der Waals surface area contributed by atoms with Crippen molar-refractivity contribution in [1.82, 2.24) is 0 Å². The van der Waals surface area contributed by atoms with E-state index in [-0.39, 0.29) is 4.90 Å². The van der Waals surface area contributed by atoms with Gasteiger partial charge < -0.3 is 14.8 Å². The largest absolute Gasteiger partial charge is 0.768 e. The van der Waals surface area contributed by atoms with E-state index in [0.717, 1.165) is 0 Å². The molecular formula is C18H16NO3S2-. The number of hydrogen-bond donors (Lipinski definition) is 2. The minimum atomic E-state index is -2.80. The van der Waals surface area contributed by atoms with Crippen molar-refractivity contribution in [2.24, 2.45) is 0 Å². The quantitative estimate of drug-likeness (QED) is 0.539. The lowest BCUT2D eigenvalue weighted by Gasteiger charge is -2.37. The average molecular weight is 358 g/mol. The molecule has 0 aliphatic carbocycles. The molecule has 24 heavy (non-hydrogen) atoms. The maximum Gasteiger partial charge on any atom is 0.0464 e. The Bertz CT molecular complexity index is 886. The third-order valence-corrected chi connectivity index (χ3v) is 7.47. The van der Waals surface area contributed by atoms with Crippen molar-refractivity contribution in [3.8, 4) is 0 Å². The Morgan fingerprint density at radius 3 is 2.00 bits per heavy atom. The molecule has 0 saturated heterocycles. The van der Waals surface area contributed by atoms with Gasteiger partial charge in [-0.05, 0) is 47.5 Å². The zero-order valence-corrected chi connectivity index (χ0v) is 14.3. The molecule has 0 spiro atoms. The Hall–Kier alpha value is -2.12. The van der Waals surface area contributed by atoms with Crippen LogP contribution in [0.3, 0.4) is 0 Å². The van der Waals surface area contributed by atoms with Crippen LogP contribution in [0.1, 0.15) is 0 Å². The van der Waals surface area contributed by atoms with E-state index in [9.17, 15) is 13.3 Å². The van der Waals surface area contributed by atoms with Gasteiger partial charge in [0.05, 0.1) is 0 Å². The number of benzene rings is 3. The molecule has 0 saturated carbocycles. The van der Waals surface area contributed by atoms with Gasteiger partial charge in [0.15, 0.2) is 0 Å². The first-order valence-corrected chi connectivity index (χ1v) is 9.85. The molecule has 0 aliphatic rings. The van der Waals surface area contributed by atoms with Gasteiger partial charge in [-0.15, -0.1) is 0 Å². The highest BCUT2D eigenvalue weighted by molar-refractivity contribution is 8.29.